The molecule has 0 aliphatic rings. The van der Waals surface area contributed by atoms with Crippen molar-refractivity contribution in [3.63, 3.8) is 0 Å². The molecule has 0 unspecified atom stereocenters. The van der Waals surface area contributed by atoms with Crippen LogP contribution in [0.1, 0.15) is 15.2 Å². The van der Waals surface area contributed by atoms with Crippen molar-refractivity contribution < 1.29 is 18.8 Å². The van der Waals surface area contributed by atoms with Gasteiger partial charge in [0.15, 0.2) is 0 Å². The highest BCUT2D eigenvalue weighted by atomic mass is 79.9. The number of hydrogen-bond acceptors (Lipinski definition) is 5. The van der Waals surface area contributed by atoms with E-state index in [-0.39, 0.29) is 18.0 Å². The van der Waals surface area contributed by atoms with Gasteiger partial charge in [-0.15, -0.1) is 11.3 Å². The molecule has 1 N–H and O–H groups in total. The van der Waals surface area contributed by atoms with Gasteiger partial charge in [0.25, 0.3) is 11.6 Å². The summed E-state index contributed by atoms with van der Waals surface area (Å²) in [5.74, 6) is -0.464. The Balaban J connectivity index is 1.60. The molecule has 1 heterocycles. The molecule has 3 rings (SSSR count). The van der Waals surface area contributed by atoms with Crippen LogP contribution in [0.5, 0.6) is 5.75 Å². The number of benzene rings is 2. The summed E-state index contributed by atoms with van der Waals surface area (Å²) in [6.45, 7) is 0.203. The summed E-state index contributed by atoms with van der Waals surface area (Å²) in [4.78, 5) is 22.8. The van der Waals surface area contributed by atoms with Crippen molar-refractivity contribution in [2.24, 2.45) is 0 Å². The predicted octanol–water partition coefficient (Wildman–Crippen LogP) is 5.39. The summed E-state index contributed by atoms with van der Waals surface area (Å²) in [7, 11) is 0. The molecular weight excluding hydrogens is 439 g/mol. The fraction of sp³-hybridized carbons (Fsp3) is 0.0556. The zero-order valence-electron chi connectivity index (χ0n) is 13.6. The lowest BCUT2D eigenvalue weighted by molar-refractivity contribution is -0.384. The predicted molar refractivity (Wildman–Crippen MR) is 104 cm³/mol. The Hall–Kier alpha value is -2.78. The monoisotopic (exact) mass is 450 g/mol. The second kappa shape index (κ2) is 8.28. The van der Waals surface area contributed by atoms with Gasteiger partial charge in [-0.05, 0) is 41.8 Å². The van der Waals surface area contributed by atoms with Crippen molar-refractivity contribution in [1.82, 2.24) is 0 Å². The number of thiophene rings is 1. The Kier molecular flexibility index (Phi) is 5.82. The van der Waals surface area contributed by atoms with Crippen LogP contribution in [0.4, 0.5) is 15.8 Å². The maximum atomic E-state index is 13.8. The number of nitro groups is 1. The average molecular weight is 451 g/mol. The number of ether oxygens (including phenoxy) is 1. The SMILES string of the molecule is O=C(Nc1ccc(Br)cc1F)c1cc(COc2ccc([N+](=O)[O-])cc2)cs1. The van der Waals surface area contributed by atoms with Gasteiger partial charge in [0.2, 0.25) is 0 Å². The van der Waals surface area contributed by atoms with Crippen LogP contribution >= 0.6 is 27.3 Å². The lowest BCUT2D eigenvalue weighted by atomic mass is 10.2. The highest BCUT2D eigenvalue weighted by Gasteiger charge is 2.13. The number of anilines is 1. The summed E-state index contributed by atoms with van der Waals surface area (Å²) < 4.78 is 20.0. The number of rotatable bonds is 6. The second-order valence-corrected chi connectivity index (χ2v) is 7.26. The highest BCUT2D eigenvalue weighted by Crippen LogP contribution is 2.23. The molecule has 0 aliphatic heterocycles. The maximum absolute atomic E-state index is 13.8. The molecule has 0 saturated carbocycles. The van der Waals surface area contributed by atoms with E-state index in [1.165, 1.54) is 47.7 Å². The molecule has 0 spiro atoms. The van der Waals surface area contributed by atoms with Crippen LogP contribution in [0.15, 0.2) is 58.4 Å². The number of hydrogen-bond donors (Lipinski definition) is 1. The molecule has 9 heteroatoms. The molecule has 6 nitrogen and oxygen atoms in total. The molecule has 0 atom stereocenters. The first kappa shape index (κ1) is 19.0. The average Bonchev–Trinajstić information content (AvgIpc) is 3.12. The third-order valence-electron chi connectivity index (χ3n) is 3.51. The first-order valence-corrected chi connectivity index (χ1v) is 9.31. The van der Waals surface area contributed by atoms with E-state index in [1.54, 1.807) is 17.5 Å². The van der Waals surface area contributed by atoms with Gasteiger partial charge in [0.1, 0.15) is 18.2 Å². The van der Waals surface area contributed by atoms with Crippen molar-refractivity contribution in [1.29, 1.82) is 0 Å². The van der Waals surface area contributed by atoms with Crippen molar-refractivity contribution in [3.05, 3.63) is 84.8 Å². The summed E-state index contributed by atoms with van der Waals surface area (Å²) in [6.07, 6.45) is 0. The van der Waals surface area contributed by atoms with Gasteiger partial charge >= 0.3 is 0 Å². The number of carbonyl (C=O) groups is 1. The van der Waals surface area contributed by atoms with Crippen LogP contribution in [0, 0.1) is 15.9 Å². The van der Waals surface area contributed by atoms with E-state index in [0.717, 1.165) is 5.56 Å². The summed E-state index contributed by atoms with van der Waals surface area (Å²) in [5, 5.41) is 14.9. The molecule has 0 bridgehead atoms. The van der Waals surface area contributed by atoms with E-state index in [2.05, 4.69) is 21.2 Å². The third kappa shape index (κ3) is 4.89. The molecular formula is C18H12BrFN2O4S. The fourth-order valence-corrected chi connectivity index (χ4v) is 3.30. The normalized spacial score (nSPS) is 10.4. The molecule has 138 valence electrons. The van der Waals surface area contributed by atoms with Crippen molar-refractivity contribution in [2.75, 3.05) is 5.32 Å². The van der Waals surface area contributed by atoms with Gasteiger partial charge in [-0.1, -0.05) is 15.9 Å². The molecule has 0 radical (unpaired) electrons. The van der Waals surface area contributed by atoms with Gasteiger partial charge in [-0.25, -0.2) is 4.39 Å². The van der Waals surface area contributed by atoms with E-state index in [9.17, 15) is 19.3 Å². The minimum absolute atomic E-state index is 0.0167. The Labute approximate surface area is 165 Å². The summed E-state index contributed by atoms with van der Waals surface area (Å²) >= 11 is 4.37. The quantitative estimate of drug-likeness (QED) is 0.403. The van der Waals surface area contributed by atoms with Gasteiger partial charge in [-0.2, -0.15) is 0 Å². The summed E-state index contributed by atoms with van der Waals surface area (Å²) in [6, 6.07) is 11.8. The largest absolute Gasteiger partial charge is 0.489 e. The van der Waals surface area contributed by atoms with Crippen LogP contribution in [-0.2, 0) is 6.61 Å². The fourth-order valence-electron chi connectivity index (χ4n) is 2.18. The van der Waals surface area contributed by atoms with Crippen LogP contribution in [0.3, 0.4) is 0 Å². The zero-order valence-corrected chi connectivity index (χ0v) is 16.1. The van der Waals surface area contributed by atoms with Crippen molar-refractivity contribution in [3.8, 4) is 5.75 Å². The van der Waals surface area contributed by atoms with Gasteiger partial charge in [0.05, 0.1) is 15.5 Å². The molecule has 1 amide bonds. The molecule has 0 fully saturated rings. The molecule has 0 saturated heterocycles. The Morgan fingerprint density at radius 1 is 1.22 bits per heavy atom. The van der Waals surface area contributed by atoms with Gasteiger partial charge < -0.3 is 10.1 Å². The smallest absolute Gasteiger partial charge is 0.269 e. The van der Waals surface area contributed by atoms with Crippen LogP contribution in [-0.4, -0.2) is 10.8 Å². The van der Waals surface area contributed by atoms with Crippen molar-refractivity contribution >= 4 is 44.5 Å². The minimum atomic E-state index is -0.531. The maximum Gasteiger partial charge on any atom is 0.269 e. The number of halogens is 2. The van der Waals surface area contributed by atoms with Crippen LogP contribution in [0.25, 0.3) is 0 Å². The number of nitrogens with one attached hydrogen (secondary N) is 1. The Morgan fingerprint density at radius 3 is 2.63 bits per heavy atom. The molecule has 0 aliphatic carbocycles. The standard InChI is InChI=1S/C18H12BrFN2O4S/c19-12-1-6-16(15(20)8-12)21-18(23)17-7-11(10-27-17)9-26-14-4-2-13(3-5-14)22(24)25/h1-8,10H,9H2,(H,21,23). The van der Waals surface area contributed by atoms with E-state index in [1.807, 2.05) is 0 Å². The first-order valence-electron chi connectivity index (χ1n) is 7.63. The van der Waals surface area contributed by atoms with Crippen LogP contribution in [0.2, 0.25) is 0 Å². The Morgan fingerprint density at radius 2 is 1.96 bits per heavy atom. The lowest BCUT2D eigenvalue weighted by Gasteiger charge is -2.05. The van der Waals surface area contributed by atoms with E-state index in [4.69, 9.17) is 4.74 Å². The highest BCUT2D eigenvalue weighted by molar-refractivity contribution is 9.10. The number of carbonyl (C=O) groups excluding carboxylic acids is 1. The number of amides is 1. The first-order chi connectivity index (χ1) is 12.9. The van der Waals surface area contributed by atoms with E-state index >= 15 is 0 Å². The van der Waals surface area contributed by atoms with E-state index < -0.39 is 16.6 Å². The molecule has 27 heavy (non-hydrogen) atoms. The lowest BCUT2D eigenvalue weighted by Crippen LogP contribution is -2.11. The third-order valence-corrected chi connectivity index (χ3v) is 4.98. The second-order valence-electron chi connectivity index (χ2n) is 5.44. The van der Waals surface area contributed by atoms with Gasteiger partial charge in [-0.3, -0.25) is 14.9 Å². The molecule has 1 aromatic heterocycles. The zero-order chi connectivity index (χ0) is 19.4. The van der Waals surface area contributed by atoms with Crippen LogP contribution < -0.4 is 10.1 Å². The Bertz CT molecular complexity index is 991. The minimum Gasteiger partial charge on any atom is -0.489 e. The van der Waals surface area contributed by atoms with Gasteiger partial charge in [0, 0.05) is 22.2 Å². The van der Waals surface area contributed by atoms with Crippen molar-refractivity contribution in [2.45, 2.75) is 6.61 Å². The van der Waals surface area contributed by atoms with E-state index in [0.29, 0.717) is 15.1 Å². The number of non-ortho nitro benzene ring substituents is 1. The summed E-state index contributed by atoms with van der Waals surface area (Å²) in [5.41, 5.74) is 0.845. The number of nitrogens with zero attached hydrogens (tertiary/aromatic N) is 1. The topological polar surface area (TPSA) is 81.5 Å². The molecule has 2 aromatic carbocycles. The molecule has 3 aromatic rings. The number of nitro benzene ring substituents is 1.